The molecule has 3 fully saturated rings. The third-order valence-corrected chi connectivity index (χ3v) is 11.2. The number of para-hydroxylation sites is 1. The van der Waals surface area contributed by atoms with Gasteiger partial charge in [-0.05, 0) is 79.8 Å². The fourth-order valence-corrected chi connectivity index (χ4v) is 8.56. The highest BCUT2D eigenvalue weighted by atomic mass is 35.5. The number of allylic oxidation sites excluding steroid dienone is 2. The summed E-state index contributed by atoms with van der Waals surface area (Å²) in [6, 6.07) is 16.2. The molecule has 0 radical (unpaired) electrons. The third-order valence-electron chi connectivity index (χ3n) is 9.56. The molecule has 11 heteroatoms. The van der Waals surface area contributed by atoms with Crippen molar-refractivity contribution in [2.45, 2.75) is 35.4 Å². The fourth-order valence-electron chi connectivity index (χ4n) is 7.50. The van der Waals surface area contributed by atoms with E-state index in [1.807, 2.05) is 0 Å². The standard InChI is InChI=1S/C33H24Cl3FN2O5/c1-16-3-2-4-23(27(16)40)26-21-13-14-22-25(29(42)38(28(22)41)19-9-5-17(34)6-10-19)24(21)15-32(35)30(43)39(31(44)33(26,32)36)20-11-7-18(37)8-12-20/h2-13,22,24-26,40H,14-15H2,1H3/t22-,24+,25-,26+,32+,33-/m0/s1. The highest BCUT2D eigenvalue weighted by Gasteiger charge is 2.77. The maximum Gasteiger partial charge on any atom is 0.258 e. The number of imide groups is 2. The van der Waals surface area contributed by atoms with Crippen molar-refractivity contribution in [2.24, 2.45) is 17.8 Å². The number of aryl methyl sites for hydroxylation is 1. The zero-order valence-corrected chi connectivity index (χ0v) is 25.4. The average molecular weight is 654 g/mol. The molecule has 7 rings (SSSR count). The molecule has 3 aromatic rings. The molecule has 1 saturated carbocycles. The number of benzene rings is 3. The van der Waals surface area contributed by atoms with Crippen LogP contribution in [0.3, 0.4) is 0 Å². The van der Waals surface area contributed by atoms with E-state index in [1.165, 1.54) is 12.1 Å². The van der Waals surface area contributed by atoms with Gasteiger partial charge in [0.25, 0.3) is 11.8 Å². The summed E-state index contributed by atoms with van der Waals surface area (Å²) >= 11 is 20.7. The molecule has 0 bridgehead atoms. The van der Waals surface area contributed by atoms with Crippen molar-refractivity contribution in [1.29, 1.82) is 0 Å². The minimum absolute atomic E-state index is 0.0823. The van der Waals surface area contributed by atoms with Gasteiger partial charge in [-0.3, -0.25) is 24.1 Å². The number of amides is 4. The first kappa shape index (κ1) is 29.0. The van der Waals surface area contributed by atoms with Crippen molar-refractivity contribution >= 4 is 69.8 Å². The molecule has 1 N–H and O–H groups in total. The van der Waals surface area contributed by atoms with Crippen LogP contribution >= 0.6 is 34.8 Å². The molecule has 0 unspecified atom stereocenters. The van der Waals surface area contributed by atoms with Crippen LogP contribution in [0.2, 0.25) is 5.02 Å². The topological polar surface area (TPSA) is 95.0 Å². The maximum atomic E-state index is 14.4. The second-order valence-electron chi connectivity index (χ2n) is 11.8. The second-order valence-corrected chi connectivity index (χ2v) is 13.4. The van der Waals surface area contributed by atoms with Crippen molar-refractivity contribution in [2.75, 3.05) is 9.80 Å². The number of fused-ring (bicyclic) bond motifs is 4. The summed E-state index contributed by atoms with van der Waals surface area (Å²) in [7, 11) is 0. The monoisotopic (exact) mass is 652 g/mol. The molecule has 0 spiro atoms. The molecule has 2 saturated heterocycles. The number of hydrogen-bond acceptors (Lipinski definition) is 5. The summed E-state index contributed by atoms with van der Waals surface area (Å²) in [5, 5.41) is 11.7. The van der Waals surface area contributed by atoms with E-state index < -0.39 is 57.0 Å². The number of rotatable bonds is 3. The average Bonchev–Trinajstić information content (AvgIpc) is 3.34. The van der Waals surface area contributed by atoms with E-state index in [1.54, 1.807) is 55.5 Å². The molecule has 2 heterocycles. The molecule has 4 amide bonds. The van der Waals surface area contributed by atoms with Crippen LogP contribution in [0.25, 0.3) is 0 Å². The quantitative estimate of drug-likeness (QED) is 0.205. The van der Waals surface area contributed by atoms with Crippen molar-refractivity contribution in [3.05, 3.63) is 100 Å². The highest BCUT2D eigenvalue weighted by Crippen LogP contribution is 2.66. The van der Waals surface area contributed by atoms with Gasteiger partial charge in [0.2, 0.25) is 11.8 Å². The Kier molecular flexibility index (Phi) is 6.52. The fraction of sp³-hybridized carbons (Fsp3) is 0.273. The van der Waals surface area contributed by atoms with Gasteiger partial charge in [0, 0.05) is 16.5 Å². The lowest BCUT2D eigenvalue weighted by molar-refractivity contribution is -0.125. The largest absolute Gasteiger partial charge is 0.507 e. The number of alkyl halides is 2. The predicted octanol–water partition coefficient (Wildman–Crippen LogP) is 6.26. The Balaban J connectivity index is 1.41. The van der Waals surface area contributed by atoms with E-state index in [9.17, 15) is 28.7 Å². The summed E-state index contributed by atoms with van der Waals surface area (Å²) in [5.74, 6) is -6.71. The molecule has 2 aliphatic carbocycles. The number of carbonyl (C=O) groups is 4. The first-order valence-corrected chi connectivity index (χ1v) is 15.2. The lowest BCUT2D eigenvalue weighted by Gasteiger charge is -2.50. The third kappa shape index (κ3) is 3.74. The SMILES string of the molecule is Cc1cccc([C@H]2C3=CC[C@@H]4C(=O)N(c5ccc(Cl)cc5)C(=O)[C@@H]4[C@@H]3C[C@@]3(Cl)C(=O)N(c4ccc(F)cc4)C(=O)[C@@]23Cl)c1O. The number of aromatic hydroxyl groups is 1. The number of hydrogen-bond donors (Lipinski definition) is 1. The molecule has 6 atom stereocenters. The second kappa shape index (κ2) is 9.89. The number of halogens is 4. The van der Waals surface area contributed by atoms with Crippen LogP contribution in [-0.2, 0) is 19.2 Å². The van der Waals surface area contributed by atoms with Crippen molar-refractivity contribution in [1.82, 2.24) is 0 Å². The Bertz CT molecular complexity index is 1810. The number of carbonyl (C=O) groups excluding carboxylic acids is 4. The van der Waals surface area contributed by atoms with Crippen molar-refractivity contribution in [3.63, 3.8) is 0 Å². The van der Waals surface area contributed by atoms with Gasteiger partial charge in [-0.2, -0.15) is 0 Å². The van der Waals surface area contributed by atoms with Crippen LogP contribution in [0, 0.1) is 30.5 Å². The Labute approximate surface area is 266 Å². The van der Waals surface area contributed by atoms with E-state index >= 15 is 0 Å². The Morgan fingerprint density at radius 3 is 2.16 bits per heavy atom. The van der Waals surface area contributed by atoms with Crippen LogP contribution in [0.1, 0.15) is 29.9 Å². The summed E-state index contributed by atoms with van der Waals surface area (Å²) in [6.45, 7) is 1.69. The maximum absolute atomic E-state index is 14.4. The predicted molar refractivity (Wildman–Crippen MR) is 163 cm³/mol. The minimum Gasteiger partial charge on any atom is -0.507 e. The highest BCUT2D eigenvalue weighted by molar-refractivity contribution is 6.58. The molecule has 3 aromatic carbocycles. The smallest absolute Gasteiger partial charge is 0.258 e. The number of nitrogens with zero attached hydrogens (tertiary/aromatic N) is 2. The number of phenolic OH excluding ortho intramolecular Hbond substituents is 1. The zero-order valence-electron chi connectivity index (χ0n) is 23.1. The molecular formula is C33H24Cl3FN2O5. The lowest BCUT2D eigenvalue weighted by atomic mass is 9.56. The zero-order chi connectivity index (χ0) is 31.3. The number of anilines is 2. The van der Waals surface area contributed by atoms with Crippen LogP contribution in [0.5, 0.6) is 5.75 Å². The van der Waals surface area contributed by atoms with Crippen molar-refractivity contribution in [3.8, 4) is 5.75 Å². The molecule has 2 aliphatic heterocycles. The molecule has 224 valence electrons. The molecule has 44 heavy (non-hydrogen) atoms. The van der Waals surface area contributed by atoms with E-state index in [0.717, 1.165) is 21.9 Å². The Hall–Kier alpha value is -3.72. The van der Waals surface area contributed by atoms with Crippen LogP contribution in [0.4, 0.5) is 15.8 Å². The molecule has 7 nitrogen and oxygen atoms in total. The first-order valence-electron chi connectivity index (χ1n) is 14.0. The number of phenols is 1. The molecular weight excluding hydrogens is 630 g/mol. The van der Waals surface area contributed by atoms with Gasteiger partial charge in [0.05, 0.1) is 23.2 Å². The van der Waals surface area contributed by atoms with Gasteiger partial charge in [-0.15, -0.1) is 23.2 Å². The molecule has 4 aliphatic rings. The van der Waals surface area contributed by atoms with Crippen LogP contribution in [0.15, 0.2) is 78.4 Å². The normalized spacial score (nSPS) is 31.2. The van der Waals surface area contributed by atoms with Gasteiger partial charge >= 0.3 is 0 Å². The van der Waals surface area contributed by atoms with Gasteiger partial charge in [0.1, 0.15) is 11.6 Å². The summed E-state index contributed by atoms with van der Waals surface area (Å²) in [6.07, 6.45) is 1.76. The molecule has 0 aromatic heterocycles. The van der Waals surface area contributed by atoms with Crippen molar-refractivity contribution < 1.29 is 28.7 Å². The first-order chi connectivity index (χ1) is 20.9. The lowest BCUT2D eigenvalue weighted by Crippen LogP contribution is -2.60. The van der Waals surface area contributed by atoms with E-state index in [4.69, 9.17) is 34.8 Å². The van der Waals surface area contributed by atoms with E-state index in [-0.39, 0.29) is 35.7 Å². The Morgan fingerprint density at radius 1 is 0.841 bits per heavy atom. The van der Waals surface area contributed by atoms with Gasteiger partial charge in [-0.25, -0.2) is 9.29 Å². The van der Waals surface area contributed by atoms with E-state index in [0.29, 0.717) is 21.8 Å². The van der Waals surface area contributed by atoms with Crippen LogP contribution in [-0.4, -0.2) is 38.5 Å². The van der Waals surface area contributed by atoms with Crippen LogP contribution < -0.4 is 9.80 Å². The Morgan fingerprint density at radius 2 is 1.48 bits per heavy atom. The minimum atomic E-state index is -2.12. The van der Waals surface area contributed by atoms with Gasteiger partial charge < -0.3 is 5.11 Å². The van der Waals surface area contributed by atoms with Gasteiger partial charge in [-0.1, -0.05) is 41.4 Å². The van der Waals surface area contributed by atoms with E-state index in [2.05, 4.69) is 0 Å². The summed E-state index contributed by atoms with van der Waals surface area (Å²) < 4.78 is 13.8. The summed E-state index contributed by atoms with van der Waals surface area (Å²) in [4.78, 5) is 54.2. The summed E-state index contributed by atoms with van der Waals surface area (Å²) in [5.41, 5.74) is 1.78. The van der Waals surface area contributed by atoms with Gasteiger partial charge in [0.15, 0.2) is 9.75 Å².